The number of nitrogens with one attached hydrogen (secondary N) is 1. The van der Waals surface area contributed by atoms with Crippen LogP contribution in [0.4, 0.5) is 5.69 Å². The van der Waals surface area contributed by atoms with Crippen LogP contribution in [0.25, 0.3) is 10.6 Å². The Bertz CT molecular complexity index is 1040. The van der Waals surface area contributed by atoms with Gasteiger partial charge >= 0.3 is 0 Å². The van der Waals surface area contributed by atoms with E-state index in [1.54, 1.807) is 17.9 Å². The lowest BCUT2D eigenvalue weighted by molar-refractivity contribution is -0.121. The molecular weight excluding hydrogens is 388 g/mol. The fourth-order valence-corrected chi connectivity index (χ4v) is 4.27. The van der Waals surface area contributed by atoms with Gasteiger partial charge in [-0.1, -0.05) is 23.5 Å². The fraction of sp³-hybridized carbons (Fsp3) is 0.333. The lowest BCUT2D eigenvalue weighted by atomic mass is 10.00. The Morgan fingerprint density at radius 3 is 2.79 bits per heavy atom. The average molecular weight is 410 g/mol. The van der Waals surface area contributed by atoms with Gasteiger partial charge in [-0.05, 0) is 51.3 Å². The smallest absolute Gasteiger partial charge is 0.258 e. The summed E-state index contributed by atoms with van der Waals surface area (Å²) >= 11 is 1.50. The number of aromatic nitrogens is 2. The van der Waals surface area contributed by atoms with Crippen LogP contribution in [0.5, 0.6) is 0 Å². The van der Waals surface area contributed by atoms with Gasteiger partial charge in [0.05, 0.1) is 11.8 Å². The Kier molecular flexibility index (Phi) is 5.44. The molecule has 1 atom stereocenters. The molecule has 3 heterocycles. The second-order valence-electron chi connectivity index (χ2n) is 7.10. The number of furan rings is 1. The molecule has 0 unspecified atom stereocenters. The van der Waals surface area contributed by atoms with Crippen LogP contribution in [0.15, 0.2) is 41.0 Å². The van der Waals surface area contributed by atoms with Crippen LogP contribution in [0, 0.1) is 13.8 Å². The Balaban J connectivity index is 1.52. The molecule has 1 aromatic carbocycles. The fourth-order valence-electron chi connectivity index (χ4n) is 3.58. The van der Waals surface area contributed by atoms with Crippen molar-refractivity contribution in [1.29, 1.82) is 0 Å². The van der Waals surface area contributed by atoms with Gasteiger partial charge in [0.2, 0.25) is 5.91 Å². The van der Waals surface area contributed by atoms with Crippen molar-refractivity contribution in [2.24, 2.45) is 0 Å². The van der Waals surface area contributed by atoms with Crippen molar-refractivity contribution in [1.82, 2.24) is 15.1 Å². The van der Waals surface area contributed by atoms with E-state index in [0.717, 1.165) is 28.4 Å². The maximum atomic E-state index is 13.0. The van der Waals surface area contributed by atoms with Crippen molar-refractivity contribution < 1.29 is 14.0 Å². The minimum absolute atomic E-state index is 0.158. The monoisotopic (exact) mass is 410 g/mol. The number of nitrogens with zero attached hydrogens (tertiary/aromatic N) is 3. The lowest BCUT2D eigenvalue weighted by Gasteiger charge is -2.34. The lowest BCUT2D eigenvalue weighted by Crippen LogP contribution is -2.50. The summed E-state index contributed by atoms with van der Waals surface area (Å²) in [5.41, 5.74) is 2.09. The van der Waals surface area contributed by atoms with Crippen LogP contribution in [0.3, 0.4) is 0 Å². The van der Waals surface area contributed by atoms with Crippen LogP contribution in [-0.4, -0.2) is 39.5 Å². The molecule has 7 nitrogen and oxygen atoms in total. The van der Waals surface area contributed by atoms with Crippen LogP contribution in [-0.2, 0) is 4.79 Å². The molecule has 1 saturated heterocycles. The van der Waals surface area contributed by atoms with Crippen LogP contribution in [0.2, 0.25) is 0 Å². The number of anilines is 1. The van der Waals surface area contributed by atoms with E-state index in [-0.39, 0.29) is 11.8 Å². The van der Waals surface area contributed by atoms with Gasteiger partial charge < -0.3 is 14.6 Å². The number of carbonyl (C=O) groups is 2. The van der Waals surface area contributed by atoms with Crippen molar-refractivity contribution >= 4 is 28.8 Å². The molecule has 2 aromatic heterocycles. The Morgan fingerprint density at radius 2 is 2.07 bits per heavy atom. The number of likely N-dealkylation sites (tertiary alicyclic amines) is 1. The summed E-state index contributed by atoms with van der Waals surface area (Å²) in [6, 6.07) is 8.69. The molecule has 0 radical (unpaired) electrons. The van der Waals surface area contributed by atoms with E-state index in [1.807, 2.05) is 31.2 Å². The predicted molar refractivity (Wildman–Crippen MR) is 111 cm³/mol. The molecule has 8 heteroatoms. The van der Waals surface area contributed by atoms with Crippen LogP contribution in [0.1, 0.15) is 40.4 Å². The van der Waals surface area contributed by atoms with Crippen LogP contribution >= 0.6 is 11.3 Å². The molecule has 0 bridgehead atoms. The largest absolute Gasteiger partial charge is 0.469 e. The summed E-state index contributed by atoms with van der Waals surface area (Å²) in [6.07, 6.45) is 3.95. The maximum absolute atomic E-state index is 13.0. The highest BCUT2D eigenvalue weighted by molar-refractivity contribution is 7.14. The number of rotatable bonds is 4. The number of hydrogen-bond donors (Lipinski definition) is 1. The number of piperidine rings is 1. The predicted octanol–water partition coefficient (Wildman–Crippen LogP) is 4.05. The number of carbonyl (C=O) groups excluding carboxylic acids is 2. The highest BCUT2D eigenvalue weighted by atomic mass is 32.1. The van der Waals surface area contributed by atoms with E-state index in [9.17, 15) is 9.59 Å². The number of benzene rings is 1. The minimum atomic E-state index is -0.502. The first kappa shape index (κ1) is 19.3. The summed E-state index contributed by atoms with van der Waals surface area (Å²) in [5.74, 6) is 0.235. The first-order valence-corrected chi connectivity index (χ1v) is 10.4. The highest BCUT2D eigenvalue weighted by Crippen LogP contribution is 2.27. The molecule has 0 spiro atoms. The van der Waals surface area contributed by atoms with Gasteiger partial charge in [-0.3, -0.25) is 9.59 Å². The van der Waals surface area contributed by atoms with Gasteiger partial charge in [0.15, 0.2) is 0 Å². The molecule has 150 valence electrons. The Morgan fingerprint density at radius 1 is 1.21 bits per heavy atom. The topological polar surface area (TPSA) is 88.3 Å². The summed E-state index contributed by atoms with van der Waals surface area (Å²) in [7, 11) is 0. The van der Waals surface area contributed by atoms with Crippen molar-refractivity contribution in [3.63, 3.8) is 0 Å². The number of amides is 2. The van der Waals surface area contributed by atoms with Gasteiger partial charge in [0.1, 0.15) is 21.8 Å². The molecule has 0 aliphatic carbocycles. The quantitative estimate of drug-likeness (QED) is 0.701. The highest BCUT2D eigenvalue weighted by Gasteiger charge is 2.33. The van der Waals surface area contributed by atoms with Crippen molar-refractivity contribution in [2.45, 2.75) is 39.2 Å². The molecule has 1 aliphatic rings. The van der Waals surface area contributed by atoms with Crippen molar-refractivity contribution in [3.8, 4) is 10.6 Å². The van der Waals surface area contributed by atoms with E-state index < -0.39 is 6.04 Å². The number of aryl methyl sites for hydroxylation is 2. The first-order valence-electron chi connectivity index (χ1n) is 9.59. The van der Waals surface area contributed by atoms with Gasteiger partial charge in [-0.2, -0.15) is 0 Å². The summed E-state index contributed by atoms with van der Waals surface area (Å²) in [4.78, 5) is 27.7. The third-order valence-electron chi connectivity index (χ3n) is 5.06. The normalized spacial score (nSPS) is 16.6. The molecule has 3 aromatic rings. The summed E-state index contributed by atoms with van der Waals surface area (Å²) in [6.45, 7) is 4.22. The second-order valence-corrected chi connectivity index (χ2v) is 8.28. The van der Waals surface area contributed by atoms with Gasteiger partial charge in [-0.25, -0.2) is 0 Å². The SMILES string of the molecule is Cc1nnc(-c2cccc(NC(=O)[C@@H]3CCCCN3C(=O)c3ccoc3C)c2)s1. The van der Waals surface area contributed by atoms with E-state index in [1.165, 1.54) is 17.6 Å². The van der Waals surface area contributed by atoms with E-state index in [2.05, 4.69) is 15.5 Å². The van der Waals surface area contributed by atoms with E-state index in [0.29, 0.717) is 30.0 Å². The molecule has 1 N–H and O–H groups in total. The molecule has 4 rings (SSSR count). The third-order valence-corrected chi connectivity index (χ3v) is 5.95. The van der Waals surface area contributed by atoms with E-state index >= 15 is 0 Å². The zero-order chi connectivity index (χ0) is 20.4. The molecular formula is C21H22N4O3S. The van der Waals surface area contributed by atoms with Crippen molar-refractivity contribution in [2.75, 3.05) is 11.9 Å². The zero-order valence-electron chi connectivity index (χ0n) is 16.3. The zero-order valence-corrected chi connectivity index (χ0v) is 17.2. The summed E-state index contributed by atoms with van der Waals surface area (Å²) < 4.78 is 5.27. The average Bonchev–Trinajstić information content (AvgIpc) is 3.36. The number of hydrogen-bond acceptors (Lipinski definition) is 6. The molecule has 2 amide bonds. The van der Waals surface area contributed by atoms with Gasteiger partial charge in [0.25, 0.3) is 5.91 Å². The standard InChI is InChI=1S/C21H22N4O3S/c1-13-17(9-11-28-13)21(27)25-10-4-3-8-18(25)19(26)22-16-7-5-6-15(12-16)20-24-23-14(2)29-20/h5-7,9,11-12,18H,3-4,8,10H2,1-2H3,(H,22,26)/t18-/m0/s1. The molecule has 0 saturated carbocycles. The van der Waals surface area contributed by atoms with Gasteiger partial charge in [0, 0.05) is 17.8 Å². The molecule has 1 fully saturated rings. The third kappa shape index (κ3) is 4.07. The Labute approximate surface area is 172 Å². The molecule has 29 heavy (non-hydrogen) atoms. The van der Waals surface area contributed by atoms with Crippen LogP contribution < -0.4 is 5.32 Å². The van der Waals surface area contributed by atoms with Gasteiger partial charge in [-0.15, -0.1) is 10.2 Å². The molecule has 1 aliphatic heterocycles. The van der Waals surface area contributed by atoms with E-state index in [4.69, 9.17) is 4.42 Å². The Hall–Kier alpha value is -3.00. The summed E-state index contributed by atoms with van der Waals surface area (Å²) in [5, 5.41) is 12.9. The first-order chi connectivity index (χ1) is 14.0. The minimum Gasteiger partial charge on any atom is -0.469 e. The van der Waals surface area contributed by atoms with Crippen molar-refractivity contribution in [3.05, 3.63) is 52.9 Å². The maximum Gasteiger partial charge on any atom is 0.258 e. The second kappa shape index (κ2) is 8.16.